The average molecular weight is 304 g/mol. The van der Waals surface area contributed by atoms with Crippen LogP contribution in [0.15, 0.2) is 53.4 Å². The Morgan fingerprint density at radius 3 is 2.38 bits per heavy atom. The maximum Gasteiger partial charge on any atom is 0.241 e. The maximum atomic E-state index is 12.6. The van der Waals surface area contributed by atoms with Crippen LogP contribution in [0, 0.1) is 6.92 Å². The zero-order valence-electron chi connectivity index (χ0n) is 12.2. The number of anilines is 1. The summed E-state index contributed by atoms with van der Waals surface area (Å²) in [5.41, 5.74) is 7.83. The molecule has 0 aliphatic rings. The first kappa shape index (κ1) is 15.5. The minimum atomic E-state index is -3.57. The van der Waals surface area contributed by atoms with E-state index in [1.165, 1.54) is 0 Å². The number of nitrogen functional groups attached to an aromatic ring is 1. The van der Waals surface area contributed by atoms with Crippen molar-refractivity contribution in [3.8, 4) is 0 Å². The monoisotopic (exact) mass is 304 g/mol. The zero-order valence-corrected chi connectivity index (χ0v) is 13.0. The van der Waals surface area contributed by atoms with E-state index >= 15 is 0 Å². The molecule has 2 rings (SSSR count). The number of hydrogen-bond donors (Lipinski definition) is 2. The fourth-order valence-electron chi connectivity index (χ4n) is 2.30. The van der Waals surface area contributed by atoms with Crippen LogP contribution < -0.4 is 10.5 Å². The van der Waals surface area contributed by atoms with Crippen LogP contribution in [0.3, 0.4) is 0 Å². The standard InChI is InChI=1S/C16H20N2O2S/c1-3-15(13-7-5-4-6-8-13)18-21(19,20)16-10-9-14(17)11-12(16)2/h4-11,15,18H,3,17H2,1-2H3. The third-order valence-electron chi connectivity index (χ3n) is 3.40. The summed E-state index contributed by atoms with van der Waals surface area (Å²) in [5, 5.41) is 0. The van der Waals surface area contributed by atoms with Gasteiger partial charge in [0.1, 0.15) is 0 Å². The normalized spacial score (nSPS) is 13.0. The molecule has 5 heteroatoms. The van der Waals surface area contributed by atoms with Gasteiger partial charge in [0.2, 0.25) is 10.0 Å². The first-order valence-corrected chi connectivity index (χ1v) is 8.35. The summed E-state index contributed by atoms with van der Waals surface area (Å²) < 4.78 is 27.9. The lowest BCUT2D eigenvalue weighted by Crippen LogP contribution is -2.28. The van der Waals surface area contributed by atoms with Crippen LogP contribution in [0.2, 0.25) is 0 Å². The number of aryl methyl sites for hydroxylation is 1. The lowest BCUT2D eigenvalue weighted by Gasteiger charge is -2.18. The Balaban J connectivity index is 2.32. The lowest BCUT2D eigenvalue weighted by atomic mass is 10.1. The second-order valence-electron chi connectivity index (χ2n) is 5.02. The second kappa shape index (κ2) is 6.28. The van der Waals surface area contributed by atoms with Crippen molar-refractivity contribution in [3.63, 3.8) is 0 Å². The Kier molecular flexibility index (Phi) is 4.65. The molecule has 0 saturated heterocycles. The van der Waals surface area contributed by atoms with Gasteiger partial charge in [-0.2, -0.15) is 0 Å². The highest BCUT2D eigenvalue weighted by Gasteiger charge is 2.21. The molecule has 0 bridgehead atoms. The summed E-state index contributed by atoms with van der Waals surface area (Å²) in [4.78, 5) is 0.270. The van der Waals surface area contributed by atoms with Gasteiger partial charge in [0.25, 0.3) is 0 Å². The molecule has 112 valence electrons. The van der Waals surface area contributed by atoms with Gasteiger partial charge in [-0.3, -0.25) is 0 Å². The van der Waals surface area contributed by atoms with Gasteiger partial charge in [0.15, 0.2) is 0 Å². The molecule has 0 aliphatic heterocycles. The maximum absolute atomic E-state index is 12.6. The van der Waals surface area contributed by atoms with Crippen LogP contribution in [-0.2, 0) is 10.0 Å². The van der Waals surface area contributed by atoms with Crippen molar-refractivity contribution in [2.75, 3.05) is 5.73 Å². The zero-order chi connectivity index (χ0) is 15.5. The van der Waals surface area contributed by atoms with Crippen molar-refractivity contribution < 1.29 is 8.42 Å². The van der Waals surface area contributed by atoms with Crippen molar-refractivity contribution in [2.45, 2.75) is 31.2 Å². The molecule has 0 spiro atoms. The van der Waals surface area contributed by atoms with Crippen LogP contribution in [0.5, 0.6) is 0 Å². The molecule has 2 aromatic rings. The minimum absolute atomic E-state index is 0.242. The topological polar surface area (TPSA) is 72.2 Å². The molecular weight excluding hydrogens is 284 g/mol. The van der Waals surface area contributed by atoms with Gasteiger partial charge in [0.05, 0.1) is 4.90 Å². The number of hydrogen-bond acceptors (Lipinski definition) is 3. The first-order chi connectivity index (χ1) is 9.94. The Morgan fingerprint density at radius 2 is 1.81 bits per heavy atom. The van der Waals surface area contributed by atoms with Gasteiger partial charge in [0, 0.05) is 11.7 Å². The Labute approximate surface area is 126 Å². The molecule has 0 radical (unpaired) electrons. The molecule has 4 nitrogen and oxygen atoms in total. The van der Waals surface area contributed by atoms with Gasteiger partial charge >= 0.3 is 0 Å². The van der Waals surface area contributed by atoms with E-state index in [4.69, 9.17) is 5.73 Å². The highest BCUT2D eigenvalue weighted by atomic mass is 32.2. The number of nitrogens with one attached hydrogen (secondary N) is 1. The van der Waals surface area contributed by atoms with Crippen molar-refractivity contribution in [3.05, 3.63) is 59.7 Å². The van der Waals surface area contributed by atoms with Crippen molar-refractivity contribution in [1.29, 1.82) is 0 Å². The molecule has 0 saturated carbocycles. The molecule has 21 heavy (non-hydrogen) atoms. The van der Waals surface area contributed by atoms with Crippen LogP contribution in [0.1, 0.15) is 30.5 Å². The number of nitrogens with two attached hydrogens (primary N) is 1. The van der Waals surface area contributed by atoms with Gasteiger partial charge in [-0.05, 0) is 42.7 Å². The molecular formula is C16H20N2O2S. The number of benzene rings is 2. The molecule has 1 unspecified atom stereocenters. The van der Waals surface area contributed by atoms with E-state index < -0.39 is 10.0 Å². The van der Waals surface area contributed by atoms with E-state index in [0.717, 1.165) is 5.56 Å². The Morgan fingerprint density at radius 1 is 1.14 bits per heavy atom. The minimum Gasteiger partial charge on any atom is -0.399 e. The van der Waals surface area contributed by atoms with Gasteiger partial charge in [-0.15, -0.1) is 0 Å². The molecule has 0 fully saturated rings. The van der Waals surface area contributed by atoms with Crippen LogP contribution in [-0.4, -0.2) is 8.42 Å². The molecule has 0 aromatic heterocycles. The highest BCUT2D eigenvalue weighted by molar-refractivity contribution is 7.89. The predicted octanol–water partition coefficient (Wildman–Crippen LogP) is 3.01. The van der Waals surface area contributed by atoms with E-state index in [-0.39, 0.29) is 10.9 Å². The van der Waals surface area contributed by atoms with Gasteiger partial charge in [-0.25, -0.2) is 13.1 Å². The summed E-state index contributed by atoms with van der Waals surface area (Å²) in [6.45, 7) is 3.70. The fourth-order valence-corrected chi connectivity index (χ4v) is 3.83. The van der Waals surface area contributed by atoms with Gasteiger partial charge in [-0.1, -0.05) is 37.3 Å². The van der Waals surface area contributed by atoms with Crippen molar-refractivity contribution in [2.24, 2.45) is 0 Å². The molecule has 0 heterocycles. The third-order valence-corrected chi connectivity index (χ3v) is 5.03. The Hall–Kier alpha value is -1.85. The number of rotatable bonds is 5. The predicted molar refractivity (Wildman–Crippen MR) is 85.4 cm³/mol. The van der Waals surface area contributed by atoms with Crippen LogP contribution in [0.25, 0.3) is 0 Å². The fraction of sp³-hybridized carbons (Fsp3) is 0.250. The van der Waals surface area contributed by atoms with Crippen LogP contribution >= 0.6 is 0 Å². The van der Waals surface area contributed by atoms with E-state index in [9.17, 15) is 8.42 Å². The molecule has 2 aromatic carbocycles. The molecule has 1 atom stereocenters. The molecule has 0 aliphatic carbocycles. The molecule has 0 amide bonds. The largest absolute Gasteiger partial charge is 0.399 e. The number of sulfonamides is 1. The van der Waals surface area contributed by atoms with E-state index in [0.29, 0.717) is 17.7 Å². The second-order valence-corrected chi connectivity index (χ2v) is 6.70. The smallest absolute Gasteiger partial charge is 0.241 e. The van der Waals surface area contributed by atoms with E-state index in [1.807, 2.05) is 37.3 Å². The van der Waals surface area contributed by atoms with Crippen molar-refractivity contribution in [1.82, 2.24) is 4.72 Å². The van der Waals surface area contributed by atoms with Crippen LogP contribution in [0.4, 0.5) is 5.69 Å². The van der Waals surface area contributed by atoms with E-state index in [2.05, 4.69) is 4.72 Å². The summed E-state index contributed by atoms with van der Waals surface area (Å²) in [6, 6.07) is 14.1. The van der Waals surface area contributed by atoms with Crippen molar-refractivity contribution >= 4 is 15.7 Å². The highest BCUT2D eigenvalue weighted by Crippen LogP contribution is 2.22. The van der Waals surface area contributed by atoms with Gasteiger partial charge < -0.3 is 5.73 Å². The SMILES string of the molecule is CCC(NS(=O)(=O)c1ccc(N)cc1C)c1ccccc1. The summed E-state index contributed by atoms with van der Waals surface area (Å²) in [5.74, 6) is 0. The quantitative estimate of drug-likeness (QED) is 0.834. The summed E-state index contributed by atoms with van der Waals surface area (Å²) in [6.07, 6.45) is 0.678. The lowest BCUT2D eigenvalue weighted by molar-refractivity contribution is 0.549. The van der Waals surface area contributed by atoms with E-state index in [1.54, 1.807) is 25.1 Å². The molecule has 3 N–H and O–H groups in total. The summed E-state index contributed by atoms with van der Waals surface area (Å²) >= 11 is 0. The average Bonchev–Trinajstić information content (AvgIpc) is 2.45. The Bertz CT molecular complexity index is 712. The summed E-state index contributed by atoms with van der Waals surface area (Å²) in [7, 11) is -3.57. The first-order valence-electron chi connectivity index (χ1n) is 6.87. The third kappa shape index (κ3) is 3.62.